The van der Waals surface area contributed by atoms with Crippen LogP contribution in [-0.2, 0) is 4.79 Å². The van der Waals surface area contributed by atoms with Crippen LogP contribution in [0.25, 0.3) is 0 Å². The Kier molecular flexibility index (Phi) is 4.28. The predicted molar refractivity (Wildman–Crippen MR) is 63.7 cm³/mol. The van der Waals surface area contributed by atoms with Crippen LogP contribution in [0.5, 0.6) is 0 Å². The molecule has 0 aromatic carbocycles. The molecule has 4 nitrogen and oxygen atoms in total. The van der Waals surface area contributed by atoms with Crippen molar-refractivity contribution in [3.8, 4) is 0 Å². The van der Waals surface area contributed by atoms with Gasteiger partial charge in [0.25, 0.3) is 0 Å². The van der Waals surface area contributed by atoms with Crippen LogP contribution >= 0.6 is 0 Å². The first-order chi connectivity index (χ1) is 7.50. The summed E-state index contributed by atoms with van der Waals surface area (Å²) < 4.78 is 0. The molecule has 0 fully saturated rings. The fourth-order valence-corrected chi connectivity index (χ4v) is 1.48. The number of rotatable bonds is 5. The smallest absolute Gasteiger partial charge is 0.305 e. The minimum absolute atomic E-state index is 0.133. The molecule has 0 saturated carbocycles. The van der Waals surface area contributed by atoms with Gasteiger partial charge in [0.2, 0.25) is 0 Å². The molecule has 0 atom stereocenters. The monoisotopic (exact) mass is 222 g/mol. The molecule has 0 radical (unpaired) electrons. The number of hydrogen-bond acceptors (Lipinski definition) is 3. The summed E-state index contributed by atoms with van der Waals surface area (Å²) in [7, 11) is 0. The van der Waals surface area contributed by atoms with E-state index in [0.717, 1.165) is 11.4 Å². The molecule has 0 amide bonds. The van der Waals surface area contributed by atoms with E-state index in [1.807, 2.05) is 37.8 Å². The van der Waals surface area contributed by atoms with Crippen molar-refractivity contribution in [2.45, 2.75) is 33.2 Å². The van der Waals surface area contributed by atoms with Crippen LogP contribution in [0.15, 0.2) is 18.3 Å². The highest BCUT2D eigenvalue weighted by Gasteiger charge is 2.12. The van der Waals surface area contributed by atoms with Crippen LogP contribution in [0.3, 0.4) is 0 Å². The minimum atomic E-state index is -0.780. The number of anilines is 1. The Morgan fingerprint density at radius 3 is 2.62 bits per heavy atom. The SMILES string of the molecule is Cc1ccc(N(CCC(=O)O)C(C)C)nc1. The summed E-state index contributed by atoms with van der Waals surface area (Å²) in [5.41, 5.74) is 1.10. The lowest BCUT2D eigenvalue weighted by Crippen LogP contribution is -2.33. The topological polar surface area (TPSA) is 53.4 Å². The molecule has 0 saturated heterocycles. The van der Waals surface area contributed by atoms with E-state index < -0.39 is 5.97 Å². The van der Waals surface area contributed by atoms with E-state index in [-0.39, 0.29) is 12.5 Å². The fraction of sp³-hybridized carbons (Fsp3) is 0.500. The van der Waals surface area contributed by atoms with Crippen LogP contribution < -0.4 is 4.90 Å². The number of pyridine rings is 1. The van der Waals surface area contributed by atoms with Crippen LogP contribution in [0, 0.1) is 6.92 Å². The summed E-state index contributed by atoms with van der Waals surface area (Å²) in [6, 6.07) is 4.16. The molecule has 0 aliphatic carbocycles. The molecule has 16 heavy (non-hydrogen) atoms. The van der Waals surface area contributed by atoms with Crippen LogP contribution in [0.4, 0.5) is 5.82 Å². The molecule has 88 valence electrons. The van der Waals surface area contributed by atoms with Gasteiger partial charge in [0.05, 0.1) is 6.42 Å². The van der Waals surface area contributed by atoms with Gasteiger partial charge in [-0.05, 0) is 32.4 Å². The lowest BCUT2D eigenvalue weighted by atomic mass is 10.2. The number of carbonyl (C=O) groups is 1. The van der Waals surface area contributed by atoms with Gasteiger partial charge in [-0.15, -0.1) is 0 Å². The summed E-state index contributed by atoms with van der Waals surface area (Å²) in [5, 5.41) is 8.69. The van der Waals surface area contributed by atoms with Crippen molar-refractivity contribution in [2.24, 2.45) is 0 Å². The molecule has 1 aromatic heterocycles. The first kappa shape index (κ1) is 12.5. The Labute approximate surface area is 95.9 Å². The lowest BCUT2D eigenvalue weighted by molar-refractivity contribution is -0.136. The Morgan fingerprint density at radius 1 is 1.50 bits per heavy atom. The summed E-state index contributed by atoms with van der Waals surface area (Å²) in [6.07, 6.45) is 1.93. The lowest BCUT2D eigenvalue weighted by Gasteiger charge is -2.27. The van der Waals surface area contributed by atoms with Crippen molar-refractivity contribution in [1.29, 1.82) is 0 Å². The molecule has 1 rings (SSSR count). The Balaban J connectivity index is 2.77. The third-order valence-electron chi connectivity index (χ3n) is 2.38. The standard InChI is InChI=1S/C12H18N2O2/c1-9(2)14(7-6-12(15)16)11-5-4-10(3)8-13-11/h4-5,8-9H,6-7H2,1-3H3,(H,15,16). The highest BCUT2D eigenvalue weighted by atomic mass is 16.4. The van der Waals surface area contributed by atoms with Gasteiger partial charge in [-0.3, -0.25) is 4.79 Å². The first-order valence-electron chi connectivity index (χ1n) is 5.42. The Bertz CT molecular complexity index is 347. The number of carboxylic acid groups (broad SMARTS) is 1. The summed E-state index contributed by atoms with van der Waals surface area (Å²) in [5.74, 6) is 0.0552. The average Bonchev–Trinajstić information content (AvgIpc) is 2.20. The van der Waals surface area contributed by atoms with Gasteiger partial charge in [0.1, 0.15) is 5.82 Å². The van der Waals surface area contributed by atoms with Crippen LogP contribution in [-0.4, -0.2) is 28.6 Å². The largest absolute Gasteiger partial charge is 0.481 e. The Hall–Kier alpha value is -1.58. The number of aromatic nitrogens is 1. The van der Waals surface area contributed by atoms with Gasteiger partial charge >= 0.3 is 5.97 Å². The maximum atomic E-state index is 10.6. The fourth-order valence-electron chi connectivity index (χ4n) is 1.48. The van der Waals surface area contributed by atoms with Gasteiger partial charge in [0, 0.05) is 18.8 Å². The predicted octanol–water partition coefficient (Wildman–Crippen LogP) is 2.08. The average molecular weight is 222 g/mol. The molecule has 0 bridgehead atoms. The van der Waals surface area contributed by atoms with Gasteiger partial charge in [-0.1, -0.05) is 6.07 Å². The Morgan fingerprint density at radius 2 is 2.19 bits per heavy atom. The highest BCUT2D eigenvalue weighted by Crippen LogP contribution is 2.14. The van der Waals surface area contributed by atoms with Crippen molar-refractivity contribution in [1.82, 2.24) is 4.98 Å². The summed E-state index contributed by atoms with van der Waals surface area (Å²) >= 11 is 0. The van der Waals surface area contributed by atoms with E-state index in [9.17, 15) is 4.79 Å². The van der Waals surface area contributed by atoms with Crippen LogP contribution in [0.2, 0.25) is 0 Å². The molecule has 4 heteroatoms. The van der Waals surface area contributed by atoms with Gasteiger partial charge in [-0.2, -0.15) is 0 Å². The summed E-state index contributed by atoms with van der Waals surface area (Å²) in [6.45, 7) is 6.53. The molecule has 0 spiro atoms. The maximum absolute atomic E-state index is 10.6. The van der Waals surface area contributed by atoms with E-state index in [1.54, 1.807) is 6.20 Å². The zero-order valence-corrected chi connectivity index (χ0v) is 9.97. The molecule has 0 unspecified atom stereocenters. The normalized spacial score (nSPS) is 10.5. The molecular formula is C12H18N2O2. The zero-order chi connectivity index (χ0) is 12.1. The zero-order valence-electron chi connectivity index (χ0n) is 9.97. The van der Waals surface area contributed by atoms with Crippen molar-refractivity contribution in [2.75, 3.05) is 11.4 Å². The van der Waals surface area contributed by atoms with Gasteiger partial charge < -0.3 is 10.0 Å². The van der Waals surface area contributed by atoms with E-state index in [4.69, 9.17) is 5.11 Å². The second-order valence-electron chi connectivity index (χ2n) is 4.12. The molecule has 0 aliphatic rings. The molecule has 1 heterocycles. The van der Waals surface area contributed by atoms with Gasteiger partial charge in [-0.25, -0.2) is 4.98 Å². The van der Waals surface area contributed by atoms with E-state index in [1.165, 1.54) is 0 Å². The van der Waals surface area contributed by atoms with E-state index >= 15 is 0 Å². The van der Waals surface area contributed by atoms with Crippen LogP contribution in [0.1, 0.15) is 25.8 Å². The third kappa shape index (κ3) is 3.53. The number of carboxylic acids is 1. The van der Waals surface area contributed by atoms with Crippen molar-refractivity contribution in [3.05, 3.63) is 23.9 Å². The highest BCUT2D eigenvalue weighted by molar-refractivity contribution is 5.67. The van der Waals surface area contributed by atoms with Crippen molar-refractivity contribution in [3.63, 3.8) is 0 Å². The maximum Gasteiger partial charge on any atom is 0.305 e. The summed E-state index contributed by atoms with van der Waals surface area (Å²) in [4.78, 5) is 16.9. The van der Waals surface area contributed by atoms with Gasteiger partial charge in [0.15, 0.2) is 0 Å². The second kappa shape index (κ2) is 5.49. The minimum Gasteiger partial charge on any atom is -0.481 e. The van der Waals surface area contributed by atoms with E-state index in [2.05, 4.69) is 4.98 Å². The van der Waals surface area contributed by atoms with Crippen molar-refractivity contribution < 1.29 is 9.90 Å². The number of hydrogen-bond donors (Lipinski definition) is 1. The first-order valence-corrected chi connectivity index (χ1v) is 5.42. The number of nitrogens with zero attached hydrogens (tertiary/aromatic N) is 2. The molecular weight excluding hydrogens is 204 g/mol. The van der Waals surface area contributed by atoms with Crippen molar-refractivity contribution >= 4 is 11.8 Å². The quantitative estimate of drug-likeness (QED) is 0.828. The number of aryl methyl sites for hydroxylation is 1. The molecule has 0 aliphatic heterocycles. The third-order valence-corrected chi connectivity index (χ3v) is 2.38. The molecule has 1 aromatic rings. The second-order valence-corrected chi connectivity index (χ2v) is 4.12. The molecule has 1 N–H and O–H groups in total. The van der Waals surface area contributed by atoms with E-state index in [0.29, 0.717) is 6.54 Å². The number of aliphatic carboxylic acids is 1.